The molecule has 0 amide bonds. The highest BCUT2D eigenvalue weighted by atomic mass is 35.5. The fourth-order valence-electron chi connectivity index (χ4n) is 1.41. The molecule has 0 radical (unpaired) electrons. The third-order valence-corrected chi connectivity index (χ3v) is 2.56. The van der Waals surface area contributed by atoms with Gasteiger partial charge in [0.05, 0.1) is 11.5 Å². The zero-order valence-electron chi connectivity index (χ0n) is 8.88. The fraction of sp³-hybridized carbons (Fsp3) is 0.364. The number of hydrogen-bond acceptors (Lipinski definition) is 1. The van der Waals surface area contributed by atoms with Crippen LogP contribution in [-0.4, -0.2) is 11.1 Å². The van der Waals surface area contributed by atoms with Crippen molar-refractivity contribution in [2.45, 2.75) is 19.5 Å². The molecule has 1 rings (SSSR count). The minimum atomic E-state index is -4.53. The van der Waals surface area contributed by atoms with Gasteiger partial charge in [0.15, 0.2) is 0 Å². The Bertz CT molecular complexity index is 429. The first kappa shape index (κ1) is 13.8. The summed E-state index contributed by atoms with van der Waals surface area (Å²) in [5.41, 5.74) is -0.935. The Morgan fingerprint density at radius 1 is 1.47 bits per heavy atom. The van der Waals surface area contributed by atoms with Crippen LogP contribution in [-0.2, 0) is 17.4 Å². The number of hydrogen-bond donors (Lipinski definition) is 1. The van der Waals surface area contributed by atoms with Gasteiger partial charge in [-0.2, -0.15) is 13.2 Å². The van der Waals surface area contributed by atoms with Crippen LogP contribution in [0.3, 0.4) is 0 Å². The lowest BCUT2D eigenvalue weighted by Gasteiger charge is -2.14. The number of carbonyl (C=O) groups is 1. The van der Waals surface area contributed by atoms with Crippen molar-refractivity contribution in [3.63, 3.8) is 0 Å². The second-order valence-corrected chi connectivity index (χ2v) is 4.18. The molecule has 6 heteroatoms. The second-order valence-electron chi connectivity index (χ2n) is 3.74. The smallest absolute Gasteiger partial charge is 0.416 e. The minimum Gasteiger partial charge on any atom is -0.481 e. The van der Waals surface area contributed by atoms with Gasteiger partial charge in [-0.3, -0.25) is 4.79 Å². The summed E-state index contributed by atoms with van der Waals surface area (Å²) < 4.78 is 38.0. The van der Waals surface area contributed by atoms with Gasteiger partial charge in [0.1, 0.15) is 0 Å². The quantitative estimate of drug-likeness (QED) is 0.907. The molecule has 94 valence electrons. The van der Waals surface area contributed by atoms with Crippen molar-refractivity contribution in [3.8, 4) is 0 Å². The van der Waals surface area contributed by atoms with E-state index < -0.39 is 23.6 Å². The summed E-state index contributed by atoms with van der Waals surface area (Å²) in [6, 6.07) is 3.34. The van der Waals surface area contributed by atoms with E-state index in [-0.39, 0.29) is 17.0 Å². The van der Waals surface area contributed by atoms with Crippen molar-refractivity contribution >= 4 is 17.6 Å². The van der Waals surface area contributed by atoms with Crippen LogP contribution in [0.25, 0.3) is 0 Å². The van der Waals surface area contributed by atoms with Crippen molar-refractivity contribution in [3.05, 3.63) is 34.3 Å². The molecule has 0 aliphatic rings. The number of carboxylic acids is 1. The number of alkyl halides is 3. The molecule has 0 saturated carbocycles. The minimum absolute atomic E-state index is 0.0240. The predicted octanol–water partition coefficient (Wildman–Crippen LogP) is 3.62. The lowest BCUT2D eigenvalue weighted by Crippen LogP contribution is -2.16. The highest BCUT2D eigenvalue weighted by Crippen LogP contribution is 2.34. The maximum Gasteiger partial charge on any atom is 0.416 e. The zero-order chi connectivity index (χ0) is 13.2. The summed E-state index contributed by atoms with van der Waals surface area (Å²) in [6.45, 7) is 1.36. The van der Waals surface area contributed by atoms with Crippen molar-refractivity contribution in [1.82, 2.24) is 0 Å². The van der Waals surface area contributed by atoms with Crippen molar-refractivity contribution in [2.24, 2.45) is 5.92 Å². The van der Waals surface area contributed by atoms with E-state index in [2.05, 4.69) is 0 Å². The predicted molar refractivity (Wildman–Crippen MR) is 57.0 cm³/mol. The van der Waals surface area contributed by atoms with Gasteiger partial charge in [-0.1, -0.05) is 24.6 Å². The van der Waals surface area contributed by atoms with Crippen molar-refractivity contribution in [2.75, 3.05) is 0 Å². The lowest BCUT2D eigenvalue weighted by molar-refractivity contribution is -0.142. The average molecular weight is 267 g/mol. The summed E-state index contributed by atoms with van der Waals surface area (Å²) in [5.74, 6) is -2.01. The molecular weight excluding hydrogens is 257 g/mol. The number of halogens is 4. The summed E-state index contributed by atoms with van der Waals surface area (Å²) in [4.78, 5) is 10.6. The van der Waals surface area contributed by atoms with Crippen molar-refractivity contribution in [1.29, 1.82) is 0 Å². The van der Waals surface area contributed by atoms with E-state index in [1.807, 2.05) is 0 Å². The van der Waals surface area contributed by atoms with E-state index in [1.54, 1.807) is 0 Å². The van der Waals surface area contributed by atoms with Gasteiger partial charge in [-0.15, -0.1) is 0 Å². The highest BCUT2D eigenvalue weighted by Gasteiger charge is 2.34. The Balaban J connectivity index is 3.11. The topological polar surface area (TPSA) is 37.3 Å². The second kappa shape index (κ2) is 4.96. The first-order chi connectivity index (χ1) is 7.71. The van der Waals surface area contributed by atoms with E-state index in [0.717, 1.165) is 6.07 Å². The Morgan fingerprint density at radius 3 is 2.53 bits per heavy atom. The molecular formula is C11H10ClF3O2. The first-order valence-electron chi connectivity index (χ1n) is 4.80. The van der Waals surface area contributed by atoms with Crippen LogP contribution in [0.5, 0.6) is 0 Å². The van der Waals surface area contributed by atoms with Crippen molar-refractivity contribution < 1.29 is 23.1 Å². The van der Waals surface area contributed by atoms with Crippen LogP contribution in [0.15, 0.2) is 18.2 Å². The fourth-order valence-corrected chi connectivity index (χ4v) is 1.58. The zero-order valence-corrected chi connectivity index (χ0v) is 9.64. The van der Waals surface area contributed by atoms with E-state index >= 15 is 0 Å². The third-order valence-electron chi connectivity index (χ3n) is 2.32. The normalized spacial score (nSPS) is 13.5. The molecule has 0 saturated heterocycles. The standard InChI is InChI=1S/C11H10ClF3O2/c1-6(10(16)17)4-7-2-3-8(12)5-9(7)11(13,14)15/h2-3,5-6H,4H2,1H3,(H,16,17). The molecule has 0 aliphatic carbocycles. The molecule has 0 fully saturated rings. The molecule has 0 spiro atoms. The van der Waals surface area contributed by atoms with Gasteiger partial charge in [-0.25, -0.2) is 0 Å². The first-order valence-corrected chi connectivity index (χ1v) is 5.18. The van der Waals surface area contributed by atoms with Gasteiger partial charge in [0.2, 0.25) is 0 Å². The molecule has 0 aliphatic heterocycles. The summed E-state index contributed by atoms with van der Waals surface area (Å²) in [7, 11) is 0. The largest absolute Gasteiger partial charge is 0.481 e. The Labute approximate surface area is 101 Å². The molecule has 0 heterocycles. The number of benzene rings is 1. The van der Waals surface area contributed by atoms with Crippen LogP contribution in [0.1, 0.15) is 18.1 Å². The Kier molecular flexibility index (Phi) is 4.03. The molecule has 1 aromatic rings. The number of aliphatic carboxylic acids is 1. The Morgan fingerprint density at radius 2 is 2.06 bits per heavy atom. The maximum atomic E-state index is 12.7. The van der Waals surface area contributed by atoms with E-state index in [0.29, 0.717) is 0 Å². The molecule has 2 nitrogen and oxygen atoms in total. The van der Waals surface area contributed by atoms with Crippen LogP contribution in [0.2, 0.25) is 5.02 Å². The molecule has 1 unspecified atom stereocenters. The lowest BCUT2D eigenvalue weighted by atomic mass is 9.96. The van der Waals surface area contributed by atoms with Crippen LogP contribution in [0.4, 0.5) is 13.2 Å². The number of rotatable bonds is 3. The summed E-state index contributed by atoms with van der Waals surface area (Å²) in [5, 5.41) is 8.66. The van der Waals surface area contributed by atoms with E-state index in [1.165, 1.54) is 19.1 Å². The average Bonchev–Trinajstić information content (AvgIpc) is 2.18. The van der Waals surface area contributed by atoms with E-state index in [9.17, 15) is 18.0 Å². The van der Waals surface area contributed by atoms with Crippen LogP contribution >= 0.6 is 11.6 Å². The van der Waals surface area contributed by atoms with Gasteiger partial charge >= 0.3 is 12.1 Å². The Hall–Kier alpha value is -1.23. The molecule has 17 heavy (non-hydrogen) atoms. The number of carboxylic acid groups (broad SMARTS) is 1. The van der Waals surface area contributed by atoms with Gasteiger partial charge in [0.25, 0.3) is 0 Å². The summed E-state index contributed by atoms with van der Waals surface area (Å²) >= 11 is 5.51. The SMILES string of the molecule is CC(Cc1ccc(Cl)cc1C(F)(F)F)C(=O)O. The molecule has 0 bridgehead atoms. The van der Waals surface area contributed by atoms with Gasteiger partial charge in [0, 0.05) is 5.02 Å². The third kappa shape index (κ3) is 3.63. The van der Waals surface area contributed by atoms with E-state index in [4.69, 9.17) is 16.7 Å². The molecule has 0 aromatic heterocycles. The highest BCUT2D eigenvalue weighted by molar-refractivity contribution is 6.30. The van der Waals surface area contributed by atoms with Gasteiger partial charge < -0.3 is 5.11 Å². The molecule has 1 N–H and O–H groups in total. The van der Waals surface area contributed by atoms with Crippen LogP contribution < -0.4 is 0 Å². The van der Waals surface area contributed by atoms with Gasteiger partial charge in [-0.05, 0) is 24.1 Å². The molecule has 1 atom stereocenters. The summed E-state index contributed by atoms with van der Waals surface area (Å²) in [6.07, 6.45) is -4.71. The molecule has 1 aromatic carbocycles. The maximum absolute atomic E-state index is 12.7. The monoisotopic (exact) mass is 266 g/mol. The van der Waals surface area contributed by atoms with Crippen LogP contribution in [0, 0.1) is 5.92 Å².